The highest BCUT2D eigenvalue weighted by Crippen LogP contribution is 2.48. The van der Waals surface area contributed by atoms with E-state index >= 15 is 0 Å². The zero-order chi connectivity index (χ0) is 16.3. The normalized spacial score (nSPS) is 14.1. The molecule has 2 N–H and O–H groups in total. The lowest BCUT2D eigenvalue weighted by Gasteiger charge is -2.23. The van der Waals surface area contributed by atoms with Gasteiger partial charge in [-0.2, -0.15) is 0 Å². The fourth-order valence-electron chi connectivity index (χ4n) is 3.37. The van der Waals surface area contributed by atoms with Crippen LogP contribution in [0.15, 0.2) is 48.5 Å². The van der Waals surface area contributed by atoms with Crippen LogP contribution >= 0.6 is 0 Å². The summed E-state index contributed by atoms with van der Waals surface area (Å²) >= 11 is 0. The maximum absolute atomic E-state index is 11.4. The van der Waals surface area contributed by atoms with Gasteiger partial charge in [-0.1, -0.05) is 54.5 Å². The minimum atomic E-state index is -0.987. The lowest BCUT2D eigenvalue weighted by Crippen LogP contribution is -3.11. The summed E-state index contributed by atoms with van der Waals surface area (Å²) < 4.78 is 0. The van der Waals surface area contributed by atoms with Gasteiger partial charge < -0.3 is 10.0 Å². The van der Waals surface area contributed by atoms with E-state index < -0.39 is 5.60 Å². The van der Waals surface area contributed by atoms with Crippen LogP contribution in [0.4, 0.5) is 0 Å². The third-order valence-corrected chi connectivity index (χ3v) is 4.84. The van der Waals surface area contributed by atoms with Crippen molar-refractivity contribution in [2.75, 3.05) is 19.6 Å². The van der Waals surface area contributed by atoms with E-state index in [4.69, 9.17) is 0 Å². The Morgan fingerprint density at radius 3 is 1.91 bits per heavy atom. The van der Waals surface area contributed by atoms with Gasteiger partial charge in [0.1, 0.15) is 12.1 Å². The summed E-state index contributed by atoms with van der Waals surface area (Å²) in [6.45, 7) is 7.36. The van der Waals surface area contributed by atoms with Crippen LogP contribution in [-0.2, 0) is 5.60 Å². The van der Waals surface area contributed by atoms with Crippen LogP contribution in [0.25, 0.3) is 11.1 Å². The molecule has 118 valence electrons. The summed E-state index contributed by atoms with van der Waals surface area (Å²) in [5, 5.41) is 11.4. The molecule has 3 rings (SSSR count). The Labute approximate surface area is 138 Å². The van der Waals surface area contributed by atoms with Crippen LogP contribution in [0.5, 0.6) is 0 Å². The van der Waals surface area contributed by atoms with Crippen LogP contribution in [0.1, 0.15) is 31.4 Å². The van der Waals surface area contributed by atoms with Crippen LogP contribution in [0, 0.1) is 11.8 Å². The van der Waals surface area contributed by atoms with Crippen molar-refractivity contribution in [1.29, 1.82) is 0 Å². The fourth-order valence-corrected chi connectivity index (χ4v) is 3.37. The van der Waals surface area contributed by atoms with Crippen molar-refractivity contribution < 1.29 is 10.0 Å². The van der Waals surface area contributed by atoms with Gasteiger partial charge in [-0.05, 0) is 42.0 Å². The first-order valence-electron chi connectivity index (χ1n) is 8.41. The molecule has 0 atom stereocenters. The number of nitrogens with one attached hydrogen (secondary N) is 1. The van der Waals surface area contributed by atoms with Crippen molar-refractivity contribution in [2.24, 2.45) is 0 Å². The van der Waals surface area contributed by atoms with E-state index in [1.807, 2.05) is 36.4 Å². The van der Waals surface area contributed by atoms with Crippen molar-refractivity contribution in [3.8, 4) is 23.0 Å². The van der Waals surface area contributed by atoms with Gasteiger partial charge in [-0.25, -0.2) is 0 Å². The first-order valence-corrected chi connectivity index (χ1v) is 8.41. The molecule has 1 aliphatic carbocycles. The number of rotatable bonds is 4. The summed E-state index contributed by atoms with van der Waals surface area (Å²) in [6.07, 6.45) is 0.446. The molecule has 2 aromatic rings. The number of benzene rings is 2. The highest BCUT2D eigenvalue weighted by atomic mass is 16.3. The first-order chi connectivity index (χ1) is 11.2. The Morgan fingerprint density at radius 1 is 0.870 bits per heavy atom. The molecule has 0 spiro atoms. The summed E-state index contributed by atoms with van der Waals surface area (Å²) in [5.74, 6) is 6.48. The Hall–Kier alpha value is -2.08. The molecule has 0 unspecified atom stereocenters. The number of hydrogen-bond acceptors (Lipinski definition) is 1. The summed E-state index contributed by atoms with van der Waals surface area (Å²) in [4.78, 5) is 1.47. The molecule has 0 amide bonds. The van der Waals surface area contributed by atoms with E-state index in [0.717, 1.165) is 41.9 Å². The maximum atomic E-state index is 11.4. The predicted octanol–water partition coefficient (Wildman–Crippen LogP) is 2.22. The van der Waals surface area contributed by atoms with Gasteiger partial charge in [0.05, 0.1) is 13.1 Å². The first kappa shape index (κ1) is 15.8. The predicted molar refractivity (Wildman–Crippen MR) is 94.2 cm³/mol. The molecular formula is C21H24NO+. The summed E-state index contributed by atoms with van der Waals surface area (Å²) in [6, 6.07) is 16.2. The Kier molecular flexibility index (Phi) is 4.52. The van der Waals surface area contributed by atoms with Gasteiger partial charge in [-0.15, -0.1) is 0 Å². The van der Waals surface area contributed by atoms with Crippen molar-refractivity contribution in [3.05, 3.63) is 59.7 Å². The molecule has 0 saturated carbocycles. The molecule has 2 aromatic carbocycles. The molecule has 0 fully saturated rings. The zero-order valence-electron chi connectivity index (χ0n) is 13.9. The van der Waals surface area contributed by atoms with E-state index in [1.165, 1.54) is 4.90 Å². The molecule has 0 aliphatic heterocycles. The highest BCUT2D eigenvalue weighted by Gasteiger charge is 2.40. The van der Waals surface area contributed by atoms with Gasteiger partial charge in [0.25, 0.3) is 0 Å². The monoisotopic (exact) mass is 306 g/mol. The van der Waals surface area contributed by atoms with Gasteiger partial charge >= 0.3 is 0 Å². The maximum Gasteiger partial charge on any atom is 0.139 e. The number of aliphatic hydroxyl groups is 1. The highest BCUT2D eigenvalue weighted by molar-refractivity contribution is 5.80. The van der Waals surface area contributed by atoms with Crippen molar-refractivity contribution in [1.82, 2.24) is 0 Å². The molecular weight excluding hydrogens is 282 g/mol. The van der Waals surface area contributed by atoms with Crippen LogP contribution in [-0.4, -0.2) is 24.7 Å². The molecule has 0 heterocycles. The molecule has 23 heavy (non-hydrogen) atoms. The van der Waals surface area contributed by atoms with E-state index in [-0.39, 0.29) is 0 Å². The number of fused-ring (bicyclic) bond motifs is 3. The molecule has 0 aromatic heterocycles. The second-order valence-corrected chi connectivity index (χ2v) is 6.12. The second-order valence-electron chi connectivity index (χ2n) is 6.12. The van der Waals surface area contributed by atoms with Gasteiger partial charge in [0.2, 0.25) is 0 Å². The second kappa shape index (κ2) is 6.58. The summed E-state index contributed by atoms with van der Waals surface area (Å²) in [7, 11) is 0. The molecule has 1 aliphatic rings. The van der Waals surface area contributed by atoms with Gasteiger partial charge in [-0.3, -0.25) is 0 Å². The lowest BCUT2D eigenvalue weighted by atomic mass is 9.88. The zero-order valence-corrected chi connectivity index (χ0v) is 13.9. The van der Waals surface area contributed by atoms with E-state index in [0.29, 0.717) is 6.42 Å². The average molecular weight is 306 g/mol. The minimum Gasteiger partial charge on any atom is -0.379 e. The third-order valence-electron chi connectivity index (χ3n) is 4.84. The summed E-state index contributed by atoms with van der Waals surface area (Å²) in [5.41, 5.74) is 3.22. The average Bonchev–Trinajstić information content (AvgIpc) is 2.86. The largest absolute Gasteiger partial charge is 0.379 e. The van der Waals surface area contributed by atoms with Gasteiger partial charge in [0.15, 0.2) is 0 Å². The quantitative estimate of drug-likeness (QED) is 0.832. The third kappa shape index (κ3) is 2.79. The standard InChI is InChI=1S/C21H23NO/c1-3-22(4-2)16-10-9-15-21(23)19-13-7-5-11-17(19)18-12-6-8-14-20(18)21/h5-8,11-14,23H,3-4,15-16H2,1-2H3/p+1. The Balaban J connectivity index is 1.91. The van der Waals surface area contributed by atoms with Crippen molar-refractivity contribution >= 4 is 0 Å². The Morgan fingerprint density at radius 2 is 1.39 bits per heavy atom. The van der Waals surface area contributed by atoms with Crippen LogP contribution < -0.4 is 4.90 Å². The smallest absolute Gasteiger partial charge is 0.139 e. The van der Waals surface area contributed by atoms with Crippen molar-refractivity contribution in [2.45, 2.75) is 25.9 Å². The van der Waals surface area contributed by atoms with E-state index in [2.05, 4.69) is 37.8 Å². The van der Waals surface area contributed by atoms with E-state index in [9.17, 15) is 5.11 Å². The number of hydrogen-bond donors (Lipinski definition) is 2. The molecule has 0 radical (unpaired) electrons. The topological polar surface area (TPSA) is 24.7 Å². The molecule has 2 heteroatoms. The Bertz CT molecular complexity index is 704. The van der Waals surface area contributed by atoms with Crippen LogP contribution in [0.3, 0.4) is 0 Å². The SMILES string of the molecule is CC[NH+](CC)CC#CCC1(O)c2ccccc2-c2ccccc21. The van der Waals surface area contributed by atoms with Gasteiger partial charge in [0, 0.05) is 6.42 Å². The van der Waals surface area contributed by atoms with Crippen LogP contribution in [0.2, 0.25) is 0 Å². The lowest BCUT2D eigenvalue weighted by molar-refractivity contribution is -0.889. The number of quaternary nitrogens is 1. The van der Waals surface area contributed by atoms with E-state index in [1.54, 1.807) is 0 Å². The van der Waals surface area contributed by atoms with Crippen molar-refractivity contribution in [3.63, 3.8) is 0 Å². The molecule has 2 nitrogen and oxygen atoms in total. The molecule has 0 saturated heterocycles. The molecule has 0 bridgehead atoms. The fraction of sp³-hybridized carbons (Fsp3) is 0.333. The minimum absolute atomic E-state index is 0.446.